The van der Waals surface area contributed by atoms with Crippen molar-refractivity contribution in [3.8, 4) is 0 Å². The largest absolute Gasteiger partial charge is 0.324 e. The van der Waals surface area contributed by atoms with Gasteiger partial charge in [-0.2, -0.15) is 0 Å². The molecule has 0 aromatic heterocycles. The topological polar surface area (TPSA) is 26.0 Å². The van der Waals surface area contributed by atoms with Gasteiger partial charge in [0.25, 0.3) is 0 Å². The predicted octanol–water partition coefficient (Wildman–Crippen LogP) is 4.26. The van der Waals surface area contributed by atoms with Crippen LogP contribution >= 0.6 is 31.9 Å². The molecule has 2 N–H and O–H groups in total. The average molecular weight is 321 g/mol. The summed E-state index contributed by atoms with van der Waals surface area (Å²) in [7, 11) is 0. The van der Waals surface area contributed by atoms with Gasteiger partial charge in [-0.1, -0.05) is 45.7 Å². The number of hydrogen-bond donors (Lipinski definition) is 1. The van der Waals surface area contributed by atoms with Crippen molar-refractivity contribution in [1.29, 1.82) is 0 Å². The van der Waals surface area contributed by atoms with Crippen LogP contribution in [0.25, 0.3) is 0 Å². The summed E-state index contributed by atoms with van der Waals surface area (Å²) in [4.78, 5) is 0. The average Bonchev–Trinajstić information content (AvgIpc) is 2.00. The van der Waals surface area contributed by atoms with Gasteiger partial charge in [-0.05, 0) is 36.1 Å². The molecule has 0 radical (unpaired) electrons. The van der Waals surface area contributed by atoms with Gasteiger partial charge >= 0.3 is 0 Å². The van der Waals surface area contributed by atoms with E-state index in [1.807, 2.05) is 6.07 Å². The van der Waals surface area contributed by atoms with E-state index in [0.29, 0.717) is 5.92 Å². The van der Waals surface area contributed by atoms with Gasteiger partial charge in [0.2, 0.25) is 0 Å². The molecule has 0 saturated carbocycles. The summed E-state index contributed by atoms with van der Waals surface area (Å²) >= 11 is 6.92. The van der Waals surface area contributed by atoms with Crippen molar-refractivity contribution >= 4 is 31.9 Å². The summed E-state index contributed by atoms with van der Waals surface area (Å²) in [6, 6.07) is 6.31. The minimum atomic E-state index is 0.129. The normalized spacial score (nSPS) is 13.3. The molecule has 1 rings (SSSR count). The second-order valence-electron chi connectivity index (χ2n) is 3.94. The highest BCUT2D eigenvalue weighted by Gasteiger charge is 2.09. The third kappa shape index (κ3) is 3.71. The molecule has 0 fully saturated rings. The van der Waals surface area contributed by atoms with Gasteiger partial charge in [0.15, 0.2) is 0 Å². The SMILES string of the molecule is CC(C)C[C@H](N)c1cc(Br)cc(Br)c1. The molecular weight excluding hydrogens is 306 g/mol. The second-order valence-corrected chi connectivity index (χ2v) is 5.77. The first kappa shape index (κ1) is 12.2. The molecule has 0 unspecified atom stereocenters. The molecule has 0 aliphatic rings. The highest BCUT2D eigenvalue weighted by Crippen LogP contribution is 2.26. The molecule has 1 atom stereocenters. The summed E-state index contributed by atoms with van der Waals surface area (Å²) in [6.45, 7) is 4.37. The minimum absolute atomic E-state index is 0.129. The Morgan fingerprint density at radius 2 is 1.64 bits per heavy atom. The summed E-state index contributed by atoms with van der Waals surface area (Å²) in [5.74, 6) is 0.628. The molecule has 0 heterocycles. The smallest absolute Gasteiger partial charge is 0.0298 e. The lowest BCUT2D eigenvalue weighted by Gasteiger charge is -2.15. The van der Waals surface area contributed by atoms with E-state index in [9.17, 15) is 0 Å². The van der Waals surface area contributed by atoms with Crippen LogP contribution in [0, 0.1) is 5.92 Å². The molecule has 3 heteroatoms. The number of hydrogen-bond acceptors (Lipinski definition) is 1. The second kappa shape index (κ2) is 5.29. The van der Waals surface area contributed by atoms with Gasteiger partial charge in [-0.3, -0.25) is 0 Å². The lowest BCUT2D eigenvalue weighted by molar-refractivity contribution is 0.510. The van der Waals surface area contributed by atoms with Crippen LogP contribution in [-0.2, 0) is 0 Å². The lowest BCUT2D eigenvalue weighted by atomic mass is 9.98. The molecule has 1 aromatic rings. The van der Waals surface area contributed by atoms with Gasteiger partial charge in [0.1, 0.15) is 0 Å². The van der Waals surface area contributed by atoms with Crippen molar-refractivity contribution in [2.75, 3.05) is 0 Å². The number of halogens is 2. The van der Waals surface area contributed by atoms with E-state index in [4.69, 9.17) is 5.73 Å². The van der Waals surface area contributed by atoms with E-state index in [2.05, 4.69) is 57.8 Å². The van der Waals surface area contributed by atoms with Crippen LogP contribution in [0.2, 0.25) is 0 Å². The zero-order valence-electron chi connectivity index (χ0n) is 8.43. The molecular formula is C11H15Br2N. The van der Waals surface area contributed by atoms with Crippen LogP contribution in [0.4, 0.5) is 0 Å². The van der Waals surface area contributed by atoms with E-state index in [1.54, 1.807) is 0 Å². The van der Waals surface area contributed by atoms with Crippen LogP contribution in [-0.4, -0.2) is 0 Å². The highest BCUT2D eigenvalue weighted by atomic mass is 79.9. The van der Waals surface area contributed by atoms with Gasteiger partial charge in [-0.25, -0.2) is 0 Å². The van der Waals surface area contributed by atoms with E-state index in [1.165, 1.54) is 5.56 Å². The van der Waals surface area contributed by atoms with Crippen molar-refractivity contribution < 1.29 is 0 Å². The third-order valence-electron chi connectivity index (χ3n) is 2.04. The zero-order valence-corrected chi connectivity index (χ0v) is 11.6. The fraction of sp³-hybridized carbons (Fsp3) is 0.455. The Morgan fingerprint density at radius 1 is 1.14 bits per heavy atom. The minimum Gasteiger partial charge on any atom is -0.324 e. The Morgan fingerprint density at radius 3 is 2.07 bits per heavy atom. The van der Waals surface area contributed by atoms with Crippen molar-refractivity contribution in [2.24, 2.45) is 11.7 Å². The van der Waals surface area contributed by atoms with Crippen LogP contribution in [0.5, 0.6) is 0 Å². The number of rotatable bonds is 3. The molecule has 0 spiro atoms. The first-order chi connectivity index (χ1) is 6.49. The summed E-state index contributed by atoms with van der Waals surface area (Å²) in [6.07, 6.45) is 1.02. The Labute approximate surface area is 102 Å². The van der Waals surface area contributed by atoms with Crippen molar-refractivity contribution in [3.63, 3.8) is 0 Å². The maximum Gasteiger partial charge on any atom is 0.0298 e. The molecule has 14 heavy (non-hydrogen) atoms. The summed E-state index contributed by atoms with van der Waals surface area (Å²) < 4.78 is 2.14. The fourth-order valence-electron chi connectivity index (χ4n) is 1.43. The maximum atomic E-state index is 6.09. The van der Waals surface area contributed by atoms with Gasteiger partial charge in [0, 0.05) is 15.0 Å². The molecule has 1 aromatic carbocycles. The monoisotopic (exact) mass is 319 g/mol. The van der Waals surface area contributed by atoms with Crippen LogP contribution in [0.15, 0.2) is 27.1 Å². The van der Waals surface area contributed by atoms with Crippen LogP contribution in [0.1, 0.15) is 31.9 Å². The number of nitrogens with two attached hydrogens (primary N) is 1. The molecule has 0 aliphatic carbocycles. The fourth-order valence-corrected chi connectivity index (χ4v) is 2.76. The zero-order chi connectivity index (χ0) is 10.7. The predicted molar refractivity (Wildman–Crippen MR) is 68.2 cm³/mol. The number of benzene rings is 1. The van der Waals surface area contributed by atoms with Crippen molar-refractivity contribution in [2.45, 2.75) is 26.3 Å². The van der Waals surface area contributed by atoms with E-state index >= 15 is 0 Å². The standard InChI is InChI=1S/C11H15Br2N/c1-7(2)3-11(14)8-4-9(12)6-10(13)5-8/h4-7,11H,3,14H2,1-2H3/t11-/m0/s1. The highest BCUT2D eigenvalue weighted by molar-refractivity contribution is 9.11. The summed E-state index contributed by atoms with van der Waals surface area (Å²) in [5.41, 5.74) is 7.27. The Balaban J connectivity index is 2.84. The quantitative estimate of drug-likeness (QED) is 0.884. The van der Waals surface area contributed by atoms with Crippen molar-refractivity contribution in [1.82, 2.24) is 0 Å². The summed E-state index contributed by atoms with van der Waals surface area (Å²) in [5, 5.41) is 0. The van der Waals surface area contributed by atoms with E-state index < -0.39 is 0 Å². The Hall–Kier alpha value is 0.140. The Kier molecular flexibility index (Phi) is 4.61. The molecule has 0 aliphatic heterocycles. The first-order valence-electron chi connectivity index (χ1n) is 4.70. The van der Waals surface area contributed by atoms with Crippen LogP contribution in [0.3, 0.4) is 0 Å². The first-order valence-corrected chi connectivity index (χ1v) is 6.29. The van der Waals surface area contributed by atoms with E-state index in [0.717, 1.165) is 15.4 Å². The third-order valence-corrected chi connectivity index (χ3v) is 2.95. The molecule has 0 saturated heterocycles. The molecule has 78 valence electrons. The Bertz CT molecular complexity index is 290. The van der Waals surface area contributed by atoms with Crippen LogP contribution < -0.4 is 5.73 Å². The maximum absolute atomic E-state index is 6.09. The molecule has 1 nitrogen and oxygen atoms in total. The molecule has 0 amide bonds. The van der Waals surface area contributed by atoms with Gasteiger partial charge in [-0.15, -0.1) is 0 Å². The van der Waals surface area contributed by atoms with E-state index in [-0.39, 0.29) is 6.04 Å². The van der Waals surface area contributed by atoms with Crippen molar-refractivity contribution in [3.05, 3.63) is 32.7 Å². The molecule has 0 bridgehead atoms. The van der Waals surface area contributed by atoms with Gasteiger partial charge < -0.3 is 5.73 Å². The van der Waals surface area contributed by atoms with Gasteiger partial charge in [0.05, 0.1) is 0 Å². The lowest BCUT2D eigenvalue weighted by Crippen LogP contribution is -2.12.